The van der Waals surface area contributed by atoms with Gasteiger partial charge in [-0.05, 0) is 29.9 Å². The monoisotopic (exact) mass is 451 g/mol. The fourth-order valence-electron chi connectivity index (χ4n) is 2.97. The van der Waals surface area contributed by atoms with Crippen molar-refractivity contribution in [3.8, 4) is 0 Å². The Morgan fingerprint density at radius 3 is 2.28 bits per heavy atom. The first-order valence-electron chi connectivity index (χ1n) is 9.73. The van der Waals surface area contributed by atoms with Crippen molar-refractivity contribution in [1.82, 2.24) is 16.2 Å². The average Bonchev–Trinajstić information content (AvgIpc) is 3.33. The number of anilines is 1. The Labute approximate surface area is 189 Å². The van der Waals surface area contributed by atoms with E-state index in [1.165, 1.54) is 24.3 Å². The number of amides is 2. The lowest BCUT2D eigenvalue weighted by atomic mass is 10.0. The van der Waals surface area contributed by atoms with Crippen LogP contribution in [0, 0.1) is 16.0 Å². The smallest absolute Gasteiger partial charge is 0.269 e. The second-order valence-electron chi connectivity index (χ2n) is 6.92. The fourth-order valence-corrected chi connectivity index (χ4v) is 3.14. The molecule has 1 aliphatic carbocycles. The van der Waals surface area contributed by atoms with Crippen molar-refractivity contribution in [3.63, 3.8) is 0 Å². The second-order valence-corrected chi connectivity index (χ2v) is 7.33. The van der Waals surface area contributed by atoms with Gasteiger partial charge >= 0.3 is 0 Å². The lowest BCUT2D eigenvalue weighted by Crippen LogP contribution is -2.54. The number of nitro benzene ring substituents is 1. The number of nitro groups is 1. The number of nitrogens with zero attached hydrogens (tertiary/aromatic N) is 1. The zero-order valence-corrected chi connectivity index (χ0v) is 17.7. The van der Waals surface area contributed by atoms with Gasteiger partial charge in [0, 0.05) is 24.2 Å². The van der Waals surface area contributed by atoms with Crippen LogP contribution in [0.2, 0.25) is 0 Å². The van der Waals surface area contributed by atoms with Crippen molar-refractivity contribution in [2.24, 2.45) is 5.92 Å². The molecular formula is C22H21N5O4S. The lowest BCUT2D eigenvalue weighted by molar-refractivity contribution is -0.384. The number of thiocarbonyl (C=S) groups is 1. The summed E-state index contributed by atoms with van der Waals surface area (Å²) in [4.78, 5) is 35.5. The highest BCUT2D eigenvalue weighted by molar-refractivity contribution is 7.80. The highest BCUT2D eigenvalue weighted by Gasteiger charge is 2.24. The lowest BCUT2D eigenvalue weighted by Gasteiger charge is -2.21. The molecule has 9 nitrogen and oxygen atoms in total. The molecule has 0 saturated heterocycles. The van der Waals surface area contributed by atoms with Crippen LogP contribution in [0.3, 0.4) is 0 Å². The maximum atomic E-state index is 12.8. The molecule has 0 aliphatic heterocycles. The molecule has 0 spiro atoms. The Hall–Kier alpha value is -4.05. The number of benzene rings is 2. The van der Waals surface area contributed by atoms with Crippen LogP contribution in [0.4, 0.5) is 11.4 Å². The molecule has 0 radical (unpaired) electrons. The van der Waals surface area contributed by atoms with E-state index in [0.29, 0.717) is 12.1 Å². The van der Waals surface area contributed by atoms with E-state index in [-0.39, 0.29) is 16.7 Å². The molecule has 0 saturated carbocycles. The summed E-state index contributed by atoms with van der Waals surface area (Å²) in [6.45, 7) is 0. The van der Waals surface area contributed by atoms with Crippen LogP contribution in [-0.2, 0) is 16.0 Å². The Morgan fingerprint density at radius 1 is 1.00 bits per heavy atom. The molecule has 1 aliphatic rings. The third-order valence-corrected chi connectivity index (χ3v) is 4.81. The van der Waals surface area contributed by atoms with E-state index in [0.717, 1.165) is 5.56 Å². The van der Waals surface area contributed by atoms with Crippen molar-refractivity contribution in [3.05, 3.63) is 94.6 Å². The maximum Gasteiger partial charge on any atom is 0.269 e. The SMILES string of the molecule is O=C(N[C@@H](Cc1ccccc1)C(=O)NNC(=S)Nc1ccc([N+](=O)[O-])cc1)C1C=CC=C1. The highest BCUT2D eigenvalue weighted by Crippen LogP contribution is 2.15. The maximum absolute atomic E-state index is 12.8. The highest BCUT2D eigenvalue weighted by atomic mass is 32.1. The van der Waals surface area contributed by atoms with Crippen LogP contribution in [0.5, 0.6) is 0 Å². The topological polar surface area (TPSA) is 125 Å². The number of rotatable bonds is 7. The van der Waals surface area contributed by atoms with Crippen molar-refractivity contribution in [2.75, 3.05) is 5.32 Å². The van der Waals surface area contributed by atoms with E-state index in [9.17, 15) is 19.7 Å². The predicted molar refractivity (Wildman–Crippen MR) is 124 cm³/mol. The van der Waals surface area contributed by atoms with Gasteiger partial charge in [0.2, 0.25) is 5.91 Å². The molecule has 0 aromatic heterocycles. The average molecular weight is 452 g/mol. The zero-order valence-electron chi connectivity index (χ0n) is 16.9. The number of hydrogen-bond donors (Lipinski definition) is 4. The minimum atomic E-state index is -0.832. The summed E-state index contributed by atoms with van der Waals surface area (Å²) in [5, 5.41) is 16.4. The Morgan fingerprint density at radius 2 is 1.66 bits per heavy atom. The molecule has 1 atom stereocenters. The van der Waals surface area contributed by atoms with Crippen molar-refractivity contribution >= 4 is 40.5 Å². The van der Waals surface area contributed by atoms with Crippen molar-refractivity contribution < 1.29 is 14.5 Å². The summed E-state index contributed by atoms with van der Waals surface area (Å²) in [6.07, 6.45) is 7.34. The number of nitrogens with one attached hydrogen (secondary N) is 4. The van der Waals surface area contributed by atoms with Gasteiger partial charge in [-0.25, -0.2) is 0 Å². The Bertz CT molecular complexity index is 1040. The van der Waals surface area contributed by atoms with Crippen molar-refractivity contribution in [2.45, 2.75) is 12.5 Å². The third kappa shape index (κ3) is 6.47. The summed E-state index contributed by atoms with van der Waals surface area (Å²) in [6, 6.07) is 14.2. The fraction of sp³-hybridized carbons (Fsp3) is 0.136. The largest absolute Gasteiger partial charge is 0.343 e. The Kier molecular flexibility index (Phi) is 7.65. The Balaban J connectivity index is 1.58. The summed E-state index contributed by atoms with van der Waals surface area (Å²) in [7, 11) is 0. The van der Waals surface area contributed by atoms with Crippen LogP contribution in [-0.4, -0.2) is 27.9 Å². The van der Waals surface area contributed by atoms with Crippen LogP contribution in [0.15, 0.2) is 78.9 Å². The molecule has 0 unspecified atom stereocenters. The van der Waals surface area contributed by atoms with Crippen LogP contribution in [0.25, 0.3) is 0 Å². The number of non-ortho nitro benzene ring substituents is 1. The molecule has 32 heavy (non-hydrogen) atoms. The van der Waals surface area contributed by atoms with Gasteiger partial charge in [0.05, 0.1) is 10.8 Å². The van der Waals surface area contributed by atoms with E-state index in [1.54, 1.807) is 24.3 Å². The van der Waals surface area contributed by atoms with Gasteiger partial charge in [-0.1, -0.05) is 54.6 Å². The summed E-state index contributed by atoms with van der Waals surface area (Å²) in [5.74, 6) is -1.17. The molecule has 2 amide bonds. The van der Waals surface area contributed by atoms with E-state index in [2.05, 4.69) is 21.5 Å². The molecule has 0 fully saturated rings. The molecule has 4 N–H and O–H groups in total. The van der Waals surface area contributed by atoms with Gasteiger partial charge in [0.1, 0.15) is 6.04 Å². The number of hydrogen-bond acceptors (Lipinski definition) is 5. The normalized spacial score (nSPS) is 13.2. The van der Waals surface area contributed by atoms with Gasteiger partial charge in [0.25, 0.3) is 11.6 Å². The summed E-state index contributed by atoms with van der Waals surface area (Å²) < 4.78 is 0. The van der Waals surface area contributed by atoms with E-state index >= 15 is 0 Å². The van der Waals surface area contributed by atoms with Gasteiger partial charge in [-0.3, -0.25) is 30.6 Å². The van der Waals surface area contributed by atoms with Gasteiger partial charge in [-0.15, -0.1) is 0 Å². The molecule has 2 aromatic carbocycles. The quantitative estimate of drug-likeness (QED) is 0.289. The molecule has 2 aromatic rings. The molecule has 0 bridgehead atoms. The minimum Gasteiger partial charge on any atom is -0.343 e. The van der Waals surface area contributed by atoms with Crippen LogP contribution in [0.1, 0.15) is 5.56 Å². The first-order chi connectivity index (χ1) is 15.4. The van der Waals surface area contributed by atoms with E-state index in [4.69, 9.17) is 12.2 Å². The van der Waals surface area contributed by atoms with Crippen LogP contribution >= 0.6 is 12.2 Å². The van der Waals surface area contributed by atoms with Gasteiger partial charge in [-0.2, -0.15) is 0 Å². The number of carbonyl (C=O) groups is 2. The molecule has 10 heteroatoms. The summed E-state index contributed by atoms with van der Waals surface area (Å²) >= 11 is 5.15. The van der Waals surface area contributed by atoms with E-state index in [1.807, 2.05) is 30.3 Å². The predicted octanol–water partition coefficient (Wildman–Crippen LogP) is 2.38. The second kappa shape index (κ2) is 10.8. The summed E-state index contributed by atoms with van der Waals surface area (Å²) in [5.41, 5.74) is 6.43. The number of carbonyl (C=O) groups excluding carboxylic acids is 2. The number of allylic oxidation sites excluding steroid dienone is 2. The zero-order chi connectivity index (χ0) is 22.9. The van der Waals surface area contributed by atoms with Crippen LogP contribution < -0.4 is 21.5 Å². The standard InChI is InChI=1S/C22H21N5O4S/c28-20(16-8-4-5-9-16)24-19(14-15-6-2-1-3-7-15)21(29)25-26-22(32)23-17-10-12-18(13-11-17)27(30)31/h1-13,16,19H,14H2,(H,24,28)(H,25,29)(H2,23,26,32)/t19-/m0/s1. The van der Waals surface area contributed by atoms with E-state index < -0.39 is 22.8 Å². The van der Waals surface area contributed by atoms with Crippen molar-refractivity contribution in [1.29, 1.82) is 0 Å². The number of hydrazine groups is 1. The first kappa shape index (κ1) is 22.6. The minimum absolute atomic E-state index is 0.0471. The third-order valence-electron chi connectivity index (χ3n) is 4.60. The molecule has 164 valence electrons. The molecular weight excluding hydrogens is 430 g/mol. The molecule has 0 heterocycles. The van der Waals surface area contributed by atoms with Gasteiger partial charge in [0.15, 0.2) is 5.11 Å². The molecule has 3 rings (SSSR count). The van der Waals surface area contributed by atoms with Gasteiger partial charge < -0.3 is 10.6 Å². The first-order valence-corrected chi connectivity index (χ1v) is 10.1.